The van der Waals surface area contributed by atoms with Crippen LogP contribution in [0.4, 0.5) is 10.5 Å². The average molecular weight is 461 g/mol. The molecular formula is C25H20N2O5S. The first kappa shape index (κ1) is 22.3. The molecule has 166 valence electrons. The van der Waals surface area contributed by atoms with Crippen molar-refractivity contribution in [3.05, 3.63) is 110 Å². The summed E-state index contributed by atoms with van der Waals surface area (Å²) in [6, 6.07) is 21.1. The smallest absolute Gasteiger partial charge is 0.293 e. The Labute approximate surface area is 194 Å². The van der Waals surface area contributed by atoms with Gasteiger partial charge < -0.3 is 4.74 Å². The maximum Gasteiger partial charge on any atom is 0.293 e. The summed E-state index contributed by atoms with van der Waals surface area (Å²) in [6.07, 6.45) is 1.68. The molecule has 8 heteroatoms. The number of non-ortho nitro benzene ring substituents is 1. The van der Waals surface area contributed by atoms with Gasteiger partial charge in [-0.1, -0.05) is 42.0 Å². The fourth-order valence-corrected chi connectivity index (χ4v) is 4.08. The molecule has 0 atom stereocenters. The summed E-state index contributed by atoms with van der Waals surface area (Å²) >= 11 is 0.921. The van der Waals surface area contributed by atoms with Crippen LogP contribution in [0.2, 0.25) is 0 Å². The van der Waals surface area contributed by atoms with E-state index in [1.807, 2.05) is 37.3 Å². The Balaban J connectivity index is 1.43. The molecule has 33 heavy (non-hydrogen) atoms. The number of benzene rings is 3. The van der Waals surface area contributed by atoms with Crippen molar-refractivity contribution < 1.29 is 19.2 Å². The fraction of sp³-hybridized carbons (Fsp3) is 0.120. The Morgan fingerprint density at radius 1 is 1.00 bits per heavy atom. The molecule has 4 rings (SSSR count). The first-order valence-corrected chi connectivity index (χ1v) is 11.0. The molecule has 0 aliphatic carbocycles. The van der Waals surface area contributed by atoms with Gasteiger partial charge in [0.2, 0.25) is 0 Å². The molecule has 0 spiro atoms. The van der Waals surface area contributed by atoms with E-state index in [9.17, 15) is 19.7 Å². The molecule has 7 nitrogen and oxygen atoms in total. The normalized spacial score (nSPS) is 14.7. The zero-order chi connectivity index (χ0) is 23.4. The number of nitro groups is 1. The molecule has 1 aliphatic heterocycles. The van der Waals surface area contributed by atoms with Crippen molar-refractivity contribution in [3.8, 4) is 5.75 Å². The molecule has 1 fully saturated rings. The van der Waals surface area contributed by atoms with Crippen LogP contribution in [0.3, 0.4) is 0 Å². The second-order valence-electron chi connectivity index (χ2n) is 7.54. The monoisotopic (exact) mass is 460 g/mol. The number of nitro benzene ring substituents is 1. The van der Waals surface area contributed by atoms with E-state index in [4.69, 9.17) is 4.74 Å². The molecule has 0 N–H and O–H groups in total. The standard InChI is InChI=1S/C25H20N2O5S/c1-17-5-7-18(8-6-17)15-26-24(28)23(33-25(26)29)14-20-3-2-4-22(13-20)32-16-19-9-11-21(12-10-19)27(30)31/h2-14H,15-16H2,1H3/b23-14+. The number of carbonyl (C=O) groups is 2. The van der Waals surface area contributed by atoms with Gasteiger partial charge in [0.15, 0.2) is 0 Å². The molecule has 0 aromatic heterocycles. The van der Waals surface area contributed by atoms with Crippen LogP contribution >= 0.6 is 11.8 Å². The van der Waals surface area contributed by atoms with Crippen molar-refractivity contribution in [3.63, 3.8) is 0 Å². The van der Waals surface area contributed by atoms with Gasteiger partial charge >= 0.3 is 0 Å². The van der Waals surface area contributed by atoms with Gasteiger partial charge in [0.1, 0.15) is 12.4 Å². The van der Waals surface area contributed by atoms with Crippen LogP contribution in [0.5, 0.6) is 5.75 Å². The number of imide groups is 1. The Hall–Kier alpha value is -3.91. The van der Waals surface area contributed by atoms with Gasteiger partial charge in [-0.05, 0) is 65.7 Å². The first-order valence-electron chi connectivity index (χ1n) is 10.2. The van der Waals surface area contributed by atoms with Crippen LogP contribution < -0.4 is 4.74 Å². The van der Waals surface area contributed by atoms with Gasteiger partial charge in [-0.2, -0.15) is 0 Å². The number of aryl methyl sites for hydroxylation is 1. The molecule has 0 saturated carbocycles. The van der Waals surface area contributed by atoms with Gasteiger partial charge in [-0.15, -0.1) is 0 Å². The maximum atomic E-state index is 12.8. The summed E-state index contributed by atoms with van der Waals surface area (Å²) in [5, 5.41) is 10.5. The molecule has 3 aromatic rings. The highest BCUT2D eigenvalue weighted by atomic mass is 32.2. The Bertz CT molecular complexity index is 1240. The molecule has 1 saturated heterocycles. The van der Waals surface area contributed by atoms with E-state index in [0.29, 0.717) is 10.7 Å². The van der Waals surface area contributed by atoms with Gasteiger partial charge in [0.05, 0.1) is 16.4 Å². The van der Waals surface area contributed by atoms with Crippen LogP contribution in [-0.2, 0) is 17.9 Å². The van der Waals surface area contributed by atoms with Crippen molar-refractivity contribution in [2.45, 2.75) is 20.1 Å². The third-order valence-corrected chi connectivity index (χ3v) is 5.95. The number of carbonyl (C=O) groups excluding carboxylic acids is 2. The van der Waals surface area contributed by atoms with Crippen LogP contribution in [-0.4, -0.2) is 21.0 Å². The topological polar surface area (TPSA) is 89.8 Å². The largest absolute Gasteiger partial charge is 0.489 e. The van der Waals surface area contributed by atoms with Crippen molar-refractivity contribution in [1.29, 1.82) is 0 Å². The van der Waals surface area contributed by atoms with E-state index in [1.165, 1.54) is 17.0 Å². The lowest BCUT2D eigenvalue weighted by atomic mass is 10.1. The number of hydrogen-bond acceptors (Lipinski definition) is 6. The molecule has 1 aliphatic rings. The number of rotatable bonds is 7. The third kappa shape index (κ3) is 5.48. The molecule has 1 heterocycles. The van der Waals surface area contributed by atoms with E-state index >= 15 is 0 Å². The quantitative estimate of drug-likeness (QED) is 0.255. The van der Waals surface area contributed by atoms with Gasteiger partial charge in [-0.25, -0.2) is 0 Å². The predicted molar refractivity (Wildman–Crippen MR) is 127 cm³/mol. The Morgan fingerprint density at radius 2 is 1.70 bits per heavy atom. The highest BCUT2D eigenvalue weighted by molar-refractivity contribution is 8.18. The Kier molecular flexibility index (Phi) is 6.55. The number of thioether (sulfide) groups is 1. The SMILES string of the molecule is Cc1ccc(CN2C(=O)S/C(=C/c3cccc(OCc4ccc([N+](=O)[O-])cc4)c3)C2=O)cc1. The van der Waals surface area contributed by atoms with Crippen LogP contribution in [0.15, 0.2) is 77.7 Å². The summed E-state index contributed by atoms with van der Waals surface area (Å²) < 4.78 is 5.79. The van der Waals surface area contributed by atoms with Crippen molar-refractivity contribution in [2.75, 3.05) is 0 Å². The summed E-state index contributed by atoms with van der Waals surface area (Å²) in [5.41, 5.74) is 3.56. The maximum absolute atomic E-state index is 12.8. The third-order valence-electron chi connectivity index (χ3n) is 5.04. The lowest BCUT2D eigenvalue weighted by Crippen LogP contribution is -2.27. The molecule has 3 aromatic carbocycles. The van der Waals surface area contributed by atoms with E-state index in [0.717, 1.165) is 34.0 Å². The molecular weight excluding hydrogens is 440 g/mol. The second-order valence-corrected chi connectivity index (χ2v) is 8.53. The van der Waals surface area contributed by atoms with E-state index in [-0.39, 0.29) is 30.0 Å². The summed E-state index contributed by atoms with van der Waals surface area (Å²) in [4.78, 5) is 37.1. The Morgan fingerprint density at radius 3 is 2.39 bits per heavy atom. The molecule has 0 radical (unpaired) electrons. The highest BCUT2D eigenvalue weighted by Crippen LogP contribution is 2.33. The van der Waals surface area contributed by atoms with Crippen LogP contribution in [0.1, 0.15) is 22.3 Å². The van der Waals surface area contributed by atoms with E-state index in [2.05, 4.69) is 0 Å². The first-order chi connectivity index (χ1) is 15.9. The highest BCUT2D eigenvalue weighted by Gasteiger charge is 2.34. The minimum Gasteiger partial charge on any atom is -0.489 e. The minimum atomic E-state index is -0.448. The van der Waals surface area contributed by atoms with Crippen LogP contribution in [0.25, 0.3) is 6.08 Å². The zero-order valence-electron chi connectivity index (χ0n) is 17.8. The molecule has 0 bridgehead atoms. The number of nitrogens with zero attached hydrogens (tertiary/aromatic N) is 2. The molecule has 0 unspecified atom stereocenters. The van der Waals surface area contributed by atoms with Crippen molar-refractivity contribution in [2.24, 2.45) is 0 Å². The minimum absolute atomic E-state index is 0.0251. The van der Waals surface area contributed by atoms with Crippen molar-refractivity contribution >= 4 is 34.7 Å². The second kappa shape index (κ2) is 9.70. The summed E-state index contributed by atoms with van der Waals surface area (Å²) in [7, 11) is 0. The average Bonchev–Trinajstić information content (AvgIpc) is 3.07. The fourth-order valence-electron chi connectivity index (χ4n) is 3.24. The lowest BCUT2D eigenvalue weighted by molar-refractivity contribution is -0.384. The van der Waals surface area contributed by atoms with Gasteiger partial charge in [0, 0.05) is 12.1 Å². The van der Waals surface area contributed by atoms with Crippen molar-refractivity contribution in [1.82, 2.24) is 4.90 Å². The summed E-state index contributed by atoms with van der Waals surface area (Å²) in [5.74, 6) is 0.267. The van der Waals surface area contributed by atoms with E-state index < -0.39 is 4.92 Å². The van der Waals surface area contributed by atoms with Crippen LogP contribution in [0, 0.1) is 17.0 Å². The predicted octanol–water partition coefficient (Wildman–Crippen LogP) is 5.72. The zero-order valence-corrected chi connectivity index (χ0v) is 18.6. The number of hydrogen-bond donors (Lipinski definition) is 0. The van der Waals surface area contributed by atoms with Gasteiger partial charge in [-0.3, -0.25) is 24.6 Å². The lowest BCUT2D eigenvalue weighted by Gasteiger charge is -2.12. The molecule has 2 amide bonds. The van der Waals surface area contributed by atoms with Gasteiger partial charge in [0.25, 0.3) is 16.8 Å². The number of amides is 2. The van der Waals surface area contributed by atoms with E-state index in [1.54, 1.807) is 36.4 Å². The number of ether oxygens (including phenoxy) is 1. The summed E-state index contributed by atoms with van der Waals surface area (Å²) in [6.45, 7) is 2.46.